The van der Waals surface area contributed by atoms with Gasteiger partial charge in [0.1, 0.15) is 6.17 Å². The van der Waals surface area contributed by atoms with Gasteiger partial charge in [0.15, 0.2) is 0 Å². The largest absolute Gasteiger partial charge is 0.481 e. The van der Waals surface area contributed by atoms with Crippen LogP contribution in [0, 0.1) is 0 Å². The molecule has 0 saturated heterocycles. The SMILES string of the molecule is CC(F)Cn1nccc1CC(=O)O. The van der Waals surface area contributed by atoms with E-state index in [1.165, 1.54) is 17.8 Å². The smallest absolute Gasteiger partial charge is 0.309 e. The average Bonchev–Trinajstić information content (AvgIpc) is 2.34. The van der Waals surface area contributed by atoms with Crippen LogP contribution in [0.3, 0.4) is 0 Å². The Bertz CT molecular complexity index is 296. The summed E-state index contributed by atoms with van der Waals surface area (Å²) in [5, 5.41) is 12.3. The van der Waals surface area contributed by atoms with Gasteiger partial charge in [-0.15, -0.1) is 0 Å². The van der Waals surface area contributed by atoms with Gasteiger partial charge in [-0.25, -0.2) is 4.39 Å². The van der Waals surface area contributed by atoms with Crippen LogP contribution in [0.5, 0.6) is 0 Å². The number of carboxylic acids is 1. The molecule has 1 aromatic rings. The highest BCUT2D eigenvalue weighted by atomic mass is 19.1. The van der Waals surface area contributed by atoms with Crippen LogP contribution in [0.1, 0.15) is 12.6 Å². The molecule has 1 unspecified atom stereocenters. The van der Waals surface area contributed by atoms with E-state index in [2.05, 4.69) is 5.10 Å². The minimum atomic E-state index is -1.02. The van der Waals surface area contributed by atoms with E-state index in [1.54, 1.807) is 6.07 Å². The summed E-state index contributed by atoms with van der Waals surface area (Å²) >= 11 is 0. The number of halogens is 1. The summed E-state index contributed by atoms with van der Waals surface area (Å²) in [6, 6.07) is 1.58. The lowest BCUT2D eigenvalue weighted by Gasteiger charge is -2.05. The minimum absolute atomic E-state index is 0.107. The first-order chi connectivity index (χ1) is 6.09. The number of hydrogen-bond acceptors (Lipinski definition) is 2. The Morgan fingerprint density at radius 3 is 3.08 bits per heavy atom. The molecule has 1 atom stereocenters. The zero-order valence-electron chi connectivity index (χ0n) is 7.27. The molecular formula is C8H11FN2O2. The number of nitrogens with zero attached hydrogens (tertiary/aromatic N) is 2. The van der Waals surface area contributed by atoms with Crippen LogP contribution in [0.25, 0.3) is 0 Å². The molecule has 4 nitrogen and oxygen atoms in total. The summed E-state index contributed by atoms with van der Waals surface area (Å²) in [5.41, 5.74) is 0.525. The van der Waals surface area contributed by atoms with Gasteiger partial charge in [0, 0.05) is 11.9 Å². The lowest BCUT2D eigenvalue weighted by molar-refractivity contribution is -0.136. The average molecular weight is 186 g/mol. The van der Waals surface area contributed by atoms with Crippen molar-refractivity contribution in [2.45, 2.75) is 26.1 Å². The van der Waals surface area contributed by atoms with Crippen molar-refractivity contribution in [3.8, 4) is 0 Å². The Labute approximate surface area is 75.0 Å². The highest BCUT2D eigenvalue weighted by Gasteiger charge is 2.08. The molecule has 13 heavy (non-hydrogen) atoms. The summed E-state index contributed by atoms with van der Waals surface area (Å²) in [7, 11) is 0. The summed E-state index contributed by atoms with van der Waals surface area (Å²) < 4.78 is 13.9. The van der Waals surface area contributed by atoms with Crippen LogP contribution < -0.4 is 0 Å². The molecule has 0 aliphatic rings. The highest BCUT2D eigenvalue weighted by molar-refractivity contribution is 5.69. The predicted octanol–water partition coefficient (Wildman–Crippen LogP) is 0.868. The van der Waals surface area contributed by atoms with Gasteiger partial charge >= 0.3 is 5.97 Å². The van der Waals surface area contributed by atoms with Crippen LogP contribution >= 0.6 is 0 Å². The van der Waals surface area contributed by atoms with Gasteiger partial charge in [0.2, 0.25) is 0 Å². The number of aliphatic carboxylic acids is 1. The zero-order valence-corrected chi connectivity index (χ0v) is 7.27. The molecule has 0 aliphatic carbocycles. The fraction of sp³-hybridized carbons (Fsp3) is 0.500. The van der Waals surface area contributed by atoms with Gasteiger partial charge in [-0.05, 0) is 13.0 Å². The van der Waals surface area contributed by atoms with Gasteiger partial charge < -0.3 is 5.11 Å². The topological polar surface area (TPSA) is 55.1 Å². The normalized spacial score (nSPS) is 12.8. The fourth-order valence-corrected chi connectivity index (χ4v) is 1.07. The molecule has 1 rings (SSSR count). The van der Waals surface area contributed by atoms with Crippen LogP contribution in [-0.4, -0.2) is 27.0 Å². The molecule has 1 N–H and O–H groups in total. The zero-order chi connectivity index (χ0) is 9.84. The Balaban J connectivity index is 2.71. The Morgan fingerprint density at radius 2 is 2.54 bits per heavy atom. The molecule has 5 heteroatoms. The second kappa shape index (κ2) is 4.02. The van der Waals surface area contributed by atoms with Crippen LogP contribution in [0.4, 0.5) is 4.39 Å². The molecular weight excluding hydrogens is 175 g/mol. The lowest BCUT2D eigenvalue weighted by atomic mass is 10.3. The maximum Gasteiger partial charge on any atom is 0.309 e. The quantitative estimate of drug-likeness (QED) is 0.759. The summed E-state index contributed by atoms with van der Waals surface area (Å²) in [6.45, 7) is 1.52. The number of alkyl halides is 1. The predicted molar refractivity (Wildman–Crippen MR) is 44.1 cm³/mol. The number of rotatable bonds is 4. The van der Waals surface area contributed by atoms with Crippen LogP contribution in [0.15, 0.2) is 12.3 Å². The molecule has 0 spiro atoms. The molecule has 0 radical (unpaired) electrons. The van der Waals surface area contributed by atoms with Gasteiger partial charge in [-0.2, -0.15) is 5.10 Å². The van der Waals surface area contributed by atoms with E-state index in [1.807, 2.05) is 0 Å². The third-order valence-corrected chi connectivity index (χ3v) is 1.56. The van der Waals surface area contributed by atoms with Crippen molar-refractivity contribution in [2.75, 3.05) is 0 Å². The van der Waals surface area contributed by atoms with Crippen molar-refractivity contribution < 1.29 is 14.3 Å². The van der Waals surface area contributed by atoms with Crippen molar-refractivity contribution >= 4 is 5.97 Å². The maximum atomic E-state index is 12.6. The van der Waals surface area contributed by atoms with E-state index in [4.69, 9.17) is 5.11 Å². The summed E-state index contributed by atoms with van der Waals surface area (Å²) in [6.07, 6.45) is 0.334. The lowest BCUT2D eigenvalue weighted by Crippen LogP contribution is -2.14. The first-order valence-corrected chi connectivity index (χ1v) is 3.96. The van der Waals surface area contributed by atoms with Crippen molar-refractivity contribution in [3.05, 3.63) is 18.0 Å². The second-order valence-electron chi connectivity index (χ2n) is 2.86. The second-order valence-corrected chi connectivity index (χ2v) is 2.86. The van der Waals surface area contributed by atoms with Gasteiger partial charge in [-0.1, -0.05) is 0 Å². The highest BCUT2D eigenvalue weighted by Crippen LogP contribution is 2.03. The van der Waals surface area contributed by atoms with E-state index in [0.29, 0.717) is 5.69 Å². The van der Waals surface area contributed by atoms with E-state index < -0.39 is 12.1 Å². The third-order valence-electron chi connectivity index (χ3n) is 1.56. The Hall–Kier alpha value is -1.39. The molecule has 0 amide bonds. The molecule has 0 aromatic carbocycles. The van der Waals surface area contributed by atoms with E-state index >= 15 is 0 Å². The first-order valence-electron chi connectivity index (χ1n) is 3.96. The van der Waals surface area contributed by atoms with Crippen molar-refractivity contribution in [2.24, 2.45) is 0 Å². The van der Waals surface area contributed by atoms with Gasteiger partial charge in [0.25, 0.3) is 0 Å². The molecule has 0 fully saturated rings. The number of aromatic nitrogens is 2. The van der Waals surface area contributed by atoms with E-state index in [-0.39, 0.29) is 13.0 Å². The van der Waals surface area contributed by atoms with Crippen molar-refractivity contribution in [1.82, 2.24) is 9.78 Å². The van der Waals surface area contributed by atoms with E-state index in [0.717, 1.165) is 0 Å². The minimum Gasteiger partial charge on any atom is -0.481 e. The Kier molecular flexibility index (Phi) is 3.00. The number of carboxylic acid groups (broad SMARTS) is 1. The maximum absolute atomic E-state index is 12.6. The summed E-state index contributed by atoms with van der Waals surface area (Å²) in [4.78, 5) is 10.4. The third kappa shape index (κ3) is 2.85. The van der Waals surface area contributed by atoms with Crippen LogP contribution in [0.2, 0.25) is 0 Å². The number of hydrogen-bond donors (Lipinski definition) is 1. The van der Waals surface area contributed by atoms with Crippen LogP contribution in [-0.2, 0) is 17.8 Å². The molecule has 1 aromatic heterocycles. The van der Waals surface area contributed by atoms with Gasteiger partial charge in [-0.3, -0.25) is 9.48 Å². The van der Waals surface area contributed by atoms with E-state index in [9.17, 15) is 9.18 Å². The molecule has 72 valence electrons. The van der Waals surface area contributed by atoms with Crippen molar-refractivity contribution in [1.29, 1.82) is 0 Å². The van der Waals surface area contributed by atoms with Gasteiger partial charge in [0.05, 0.1) is 13.0 Å². The standard InChI is InChI=1S/C8H11FN2O2/c1-6(9)5-11-7(2-3-10-11)4-8(12)13/h2-3,6H,4-5H2,1H3,(H,12,13). The monoisotopic (exact) mass is 186 g/mol. The molecule has 0 bridgehead atoms. The summed E-state index contributed by atoms with van der Waals surface area (Å²) in [5.74, 6) is -0.937. The van der Waals surface area contributed by atoms with Crippen molar-refractivity contribution in [3.63, 3.8) is 0 Å². The number of carbonyl (C=O) groups is 1. The molecule has 0 aliphatic heterocycles. The Morgan fingerprint density at radius 1 is 1.85 bits per heavy atom. The fourth-order valence-electron chi connectivity index (χ4n) is 1.07. The molecule has 0 saturated carbocycles. The first kappa shape index (κ1) is 9.70. The molecule has 1 heterocycles.